The molecule has 51 heavy (non-hydrogen) atoms. The van der Waals surface area contributed by atoms with Crippen LogP contribution in [0, 0.1) is 11.8 Å². The fraction of sp³-hybridized carbons (Fsp3) is 0.487. The van der Waals surface area contributed by atoms with E-state index >= 15 is 0 Å². The first kappa shape index (κ1) is 37.1. The van der Waals surface area contributed by atoms with Gasteiger partial charge in [0.25, 0.3) is 0 Å². The van der Waals surface area contributed by atoms with Gasteiger partial charge in [0.2, 0.25) is 0 Å². The summed E-state index contributed by atoms with van der Waals surface area (Å²) < 4.78 is 54.4. The smallest absolute Gasteiger partial charge is 0.471 e. The van der Waals surface area contributed by atoms with E-state index in [1.165, 1.54) is 29.8 Å². The summed E-state index contributed by atoms with van der Waals surface area (Å²) in [5.41, 5.74) is 1.71. The van der Waals surface area contributed by atoms with Gasteiger partial charge in [-0.1, -0.05) is 43.1 Å². The van der Waals surface area contributed by atoms with Crippen molar-refractivity contribution in [1.82, 2.24) is 4.98 Å². The molecule has 1 fully saturated rings. The SMILES string of the molecule is COC(=O)C1(N(C(=O)C(F)(F)F)c2cccc(Cl)c2)CCC2(CC1)c1cc(C=O)c(Cl)cc1C[C@@H]2C[C@@H](C)COc1ccnc2c1[C@H](C)CCC2. The minimum atomic E-state index is -5.28. The van der Waals surface area contributed by atoms with E-state index in [0.717, 1.165) is 48.9 Å². The average Bonchev–Trinajstić information content (AvgIpc) is 3.37. The molecule has 3 aliphatic rings. The first-order chi connectivity index (χ1) is 24.2. The zero-order valence-electron chi connectivity index (χ0n) is 28.8. The fourth-order valence-electron chi connectivity index (χ4n) is 9.00. The number of aromatic nitrogens is 1. The third-order valence-corrected chi connectivity index (χ3v) is 12.0. The van der Waals surface area contributed by atoms with E-state index in [-0.39, 0.29) is 48.2 Å². The number of amides is 1. The first-order valence-corrected chi connectivity index (χ1v) is 18.1. The number of anilines is 1. The summed E-state index contributed by atoms with van der Waals surface area (Å²) >= 11 is 12.7. The van der Waals surface area contributed by atoms with E-state index < -0.39 is 29.0 Å². The summed E-state index contributed by atoms with van der Waals surface area (Å²) in [5.74, 6) is -1.85. The zero-order chi connectivity index (χ0) is 36.7. The predicted molar refractivity (Wildman–Crippen MR) is 189 cm³/mol. The van der Waals surface area contributed by atoms with Gasteiger partial charge in [0.1, 0.15) is 11.3 Å². The number of rotatable bonds is 9. The molecule has 12 heteroatoms. The Kier molecular flexibility index (Phi) is 10.5. The van der Waals surface area contributed by atoms with Gasteiger partial charge >= 0.3 is 18.1 Å². The molecule has 0 aliphatic heterocycles. The van der Waals surface area contributed by atoms with Crippen molar-refractivity contribution < 1.29 is 37.0 Å². The highest BCUT2D eigenvalue weighted by atomic mass is 35.5. The lowest BCUT2D eigenvalue weighted by atomic mass is 9.59. The summed E-state index contributed by atoms with van der Waals surface area (Å²) in [5, 5.41) is 0.441. The molecule has 1 aromatic heterocycles. The summed E-state index contributed by atoms with van der Waals surface area (Å²) in [6.07, 6.45) is 1.92. The van der Waals surface area contributed by atoms with Crippen LogP contribution in [0.4, 0.5) is 18.9 Å². The van der Waals surface area contributed by atoms with E-state index in [2.05, 4.69) is 18.8 Å². The number of hydrogen-bond donors (Lipinski definition) is 0. The van der Waals surface area contributed by atoms with Gasteiger partial charge in [-0.15, -0.1) is 0 Å². The van der Waals surface area contributed by atoms with Crippen molar-refractivity contribution in [3.63, 3.8) is 0 Å². The number of ether oxygens (including phenoxy) is 2. The number of halogens is 5. The van der Waals surface area contributed by atoms with E-state index in [0.29, 0.717) is 47.1 Å². The van der Waals surface area contributed by atoms with Crippen molar-refractivity contribution in [3.05, 3.63) is 86.7 Å². The van der Waals surface area contributed by atoms with Crippen LogP contribution in [-0.2, 0) is 32.6 Å². The van der Waals surface area contributed by atoms with Crippen molar-refractivity contribution >= 4 is 47.1 Å². The lowest BCUT2D eigenvalue weighted by molar-refractivity contribution is -0.174. The Morgan fingerprint density at radius 1 is 1.12 bits per heavy atom. The fourth-order valence-corrected chi connectivity index (χ4v) is 9.41. The number of nitrogens with zero attached hydrogens (tertiary/aromatic N) is 2. The van der Waals surface area contributed by atoms with Crippen LogP contribution < -0.4 is 9.64 Å². The highest BCUT2D eigenvalue weighted by Gasteiger charge is 2.60. The molecule has 0 radical (unpaired) electrons. The van der Waals surface area contributed by atoms with Gasteiger partial charge < -0.3 is 9.47 Å². The van der Waals surface area contributed by atoms with Crippen LogP contribution in [0.1, 0.15) is 97.5 Å². The summed E-state index contributed by atoms with van der Waals surface area (Å²) in [6.45, 7) is 4.75. The van der Waals surface area contributed by atoms with Gasteiger partial charge in [-0.05, 0) is 128 Å². The average molecular weight is 746 g/mol. The van der Waals surface area contributed by atoms with Crippen molar-refractivity contribution in [1.29, 1.82) is 0 Å². The van der Waals surface area contributed by atoms with E-state index in [9.17, 15) is 27.6 Å². The van der Waals surface area contributed by atoms with Gasteiger partial charge in [-0.3, -0.25) is 19.5 Å². The van der Waals surface area contributed by atoms with Crippen molar-refractivity contribution in [2.45, 2.75) is 94.7 Å². The maximum Gasteiger partial charge on any atom is 0.471 e. The predicted octanol–water partition coefficient (Wildman–Crippen LogP) is 9.24. The largest absolute Gasteiger partial charge is 0.493 e. The third kappa shape index (κ3) is 6.86. The van der Waals surface area contributed by atoms with Crippen LogP contribution >= 0.6 is 23.2 Å². The number of benzene rings is 2. The molecule has 3 aliphatic carbocycles. The van der Waals surface area contributed by atoms with E-state index in [1.54, 1.807) is 12.3 Å². The van der Waals surface area contributed by atoms with Gasteiger partial charge in [-0.25, -0.2) is 4.79 Å². The van der Waals surface area contributed by atoms with Gasteiger partial charge in [0, 0.05) is 33.7 Å². The molecule has 1 spiro atoms. The monoisotopic (exact) mass is 744 g/mol. The van der Waals surface area contributed by atoms with Gasteiger partial charge in [0.05, 0.1) is 18.7 Å². The Morgan fingerprint density at radius 2 is 1.86 bits per heavy atom. The van der Waals surface area contributed by atoms with Crippen LogP contribution in [0.3, 0.4) is 0 Å². The van der Waals surface area contributed by atoms with Crippen LogP contribution in [0.5, 0.6) is 5.75 Å². The van der Waals surface area contributed by atoms with Crippen molar-refractivity contribution in [2.75, 3.05) is 18.6 Å². The maximum absolute atomic E-state index is 14.3. The minimum absolute atomic E-state index is 0.0112. The normalized spacial score (nSPS) is 24.7. The van der Waals surface area contributed by atoms with Crippen molar-refractivity contribution in [3.8, 4) is 5.75 Å². The number of aryl methyl sites for hydroxylation is 1. The number of alkyl halides is 3. The van der Waals surface area contributed by atoms with E-state index in [1.807, 2.05) is 12.1 Å². The second-order valence-corrected chi connectivity index (χ2v) is 15.3. The van der Waals surface area contributed by atoms with Crippen LogP contribution in [0.15, 0.2) is 48.7 Å². The highest BCUT2D eigenvalue weighted by Crippen LogP contribution is 2.58. The molecule has 3 atom stereocenters. The molecule has 0 bridgehead atoms. The quantitative estimate of drug-likeness (QED) is 0.160. The minimum Gasteiger partial charge on any atom is -0.493 e. The molecule has 7 nitrogen and oxygen atoms in total. The Balaban J connectivity index is 1.34. The van der Waals surface area contributed by atoms with Crippen LogP contribution in [-0.4, -0.2) is 48.6 Å². The number of methoxy groups -OCH3 is 1. The number of pyridine rings is 1. The van der Waals surface area contributed by atoms with Gasteiger partial charge in [0.15, 0.2) is 6.29 Å². The number of hydrogen-bond acceptors (Lipinski definition) is 6. The number of aldehydes is 1. The third-order valence-electron chi connectivity index (χ3n) is 11.4. The Hall–Kier alpha value is -3.63. The molecule has 1 heterocycles. The molecule has 0 unspecified atom stereocenters. The molecule has 272 valence electrons. The van der Waals surface area contributed by atoms with E-state index in [4.69, 9.17) is 32.7 Å². The molecule has 3 aromatic rings. The van der Waals surface area contributed by atoms with Crippen LogP contribution in [0.2, 0.25) is 10.0 Å². The molecule has 1 saturated carbocycles. The maximum atomic E-state index is 14.3. The van der Waals surface area contributed by atoms with Crippen molar-refractivity contribution in [2.24, 2.45) is 11.8 Å². The Morgan fingerprint density at radius 3 is 2.53 bits per heavy atom. The lowest BCUT2D eigenvalue weighted by Crippen LogP contribution is -2.63. The standard InChI is InChI=1S/C39H41Cl2F3N2O5/c1-23(22-51-33-10-15-45-32-9-4-6-24(2)34(32)33)16-27-17-25-19-31(41)26(21-47)18-30(25)37(27)11-13-38(14-12-37,36(49)50-3)46(35(48)39(42,43)44)29-8-5-7-28(40)20-29/h5,7-8,10,15,18-21,23-24,27H,4,6,9,11-14,16-17,22H2,1-3H3/t23-,24-,27+,37?,38?/m1/s1. The molecule has 1 amide bonds. The number of esters is 1. The number of carbonyl (C=O) groups is 3. The first-order valence-electron chi connectivity index (χ1n) is 17.4. The molecular weight excluding hydrogens is 704 g/mol. The topological polar surface area (TPSA) is 85.8 Å². The molecular formula is C39H41Cl2F3N2O5. The summed E-state index contributed by atoms with van der Waals surface area (Å²) in [6, 6.07) is 11.0. The summed E-state index contributed by atoms with van der Waals surface area (Å²) in [7, 11) is 1.11. The lowest BCUT2D eigenvalue weighted by Gasteiger charge is -2.51. The summed E-state index contributed by atoms with van der Waals surface area (Å²) in [4.78, 5) is 44.1. The Labute approximate surface area is 305 Å². The Bertz CT molecular complexity index is 1820. The molecule has 0 saturated heterocycles. The second kappa shape index (κ2) is 14.4. The molecule has 6 rings (SSSR count). The molecule has 2 aromatic carbocycles. The van der Waals surface area contributed by atoms with Crippen LogP contribution in [0.25, 0.3) is 0 Å². The number of carbonyl (C=O) groups excluding carboxylic acids is 3. The second-order valence-electron chi connectivity index (χ2n) is 14.5. The van der Waals surface area contributed by atoms with Gasteiger partial charge in [-0.2, -0.15) is 13.2 Å². The molecule has 0 N–H and O–H groups in total. The highest BCUT2D eigenvalue weighted by molar-refractivity contribution is 6.33. The number of fused-ring (bicyclic) bond motifs is 3. The zero-order valence-corrected chi connectivity index (χ0v) is 30.3.